The molecule has 0 aliphatic carbocycles. The Morgan fingerprint density at radius 3 is 2.88 bits per heavy atom. The Morgan fingerprint density at radius 1 is 1.32 bits per heavy atom. The normalized spacial score (nSPS) is 26.0. The molecule has 5 heteroatoms. The fourth-order valence-corrected chi connectivity index (χ4v) is 4.29. The van der Waals surface area contributed by atoms with Crippen LogP contribution in [0.15, 0.2) is 24.3 Å². The van der Waals surface area contributed by atoms with Crippen molar-refractivity contribution in [3.8, 4) is 0 Å². The van der Waals surface area contributed by atoms with Crippen LogP contribution in [0.4, 0.5) is 4.39 Å². The molecule has 1 aromatic rings. The third kappa shape index (κ3) is 4.79. The number of amides is 1. The maximum absolute atomic E-state index is 13.4. The van der Waals surface area contributed by atoms with Crippen molar-refractivity contribution in [1.82, 2.24) is 9.80 Å². The van der Waals surface area contributed by atoms with Gasteiger partial charge in [0.25, 0.3) is 0 Å². The topological polar surface area (TPSA) is 43.8 Å². The number of likely N-dealkylation sites (tertiary alicyclic amines) is 2. The van der Waals surface area contributed by atoms with Crippen molar-refractivity contribution in [3.05, 3.63) is 35.6 Å². The van der Waals surface area contributed by atoms with Crippen molar-refractivity contribution in [2.45, 2.75) is 57.7 Å². The van der Waals surface area contributed by atoms with E-state index in [9.17, 15) is 14.3 Å². The molecule has 2 heterocycles. The van der Waals surface area contributed by atoms with Gasteiger partial charge < -0.3 is 10.0 Å². The van der Waals surface area contributed by atoms with Crippen LogP contribution in [0.25, 0.3) is 0 Å². The van der Waals surface area contributed by atoms with Gasteiger partial charge >= 0.3 is 0 Å². The van der Waals surface area contributed by atoms with Crippen LogP contribution in [0.1, 0.15) is 44.6 Å². The fraction of sp³-hybridized carbons (Fsp3) is 0.650. The van der Waals surface area contributed by atoms with Crippen molar-refractivity contribution in [1.29, 1.82) is 0 Å². The highest BCUT2D eigenvalue weighted by Gasteiger charge is 2.35. The molecule has 0 bridgehead atoms. The number of carbonyl (C=O) groups is 1. The molecule has 2 fully saturated rings. The molecule has 0 aromatic heterocycles. The summed E-state index contributed by atoms with van der Waals surface area (Å²) in [6, 6.07) is 6.90. The van der Waals surface area contributed by atoms with Crippen LogP contribution < -0.4 is 0 Å². The molecule has 1 N–H and O–H groups in total. The van der Waals surface area contributed by atoms with E-state index in [0.717, 1.165) is 50.9 Å². The molecule has 138 valence electrons. The van der Waals surface area contributed by atoms with Crippen LogP contribution in [0.3, 0.4) is 0 Å². The Balaban J connectivity index is 1.59. The number of rotatable bonds is 5. The maximum atomic E-state index is 13.4. The summed E-state index contributed by atoms with van der Waals surface area (Å²) < 4.78 is 13.4. The number of hydrogen-bond acceptors (Lipinski definition) is 3. The van der Waals surface area contributed by atoms with E-state index in [1.54, 1.807) is 19.1 Å². The van der Waals surface area contributed by atoms with Gasteiger partial charge in [-0.3, -0.25) is 9.69 Å². The van der Waals surface area contributed by atoms with Crippen LogP contribution >= 0.6 is 0 Å². The molecular formula is C20H29FN2O2. The minimum atomic E-state index is -0.366. The second-order valence-corrected chi connectivity index (χ2v) is 7.62. The van der Waals surface area contributed by atoms with E-state index < -0.39 is 0 Å². The second-order valence-electron chi connectivity index (χ2n) is 7.62. The lowest BCUT2D eigenvalue weighted by molar-refractivity contribution is -0.138. The summed E-state index contributed by atoms with van der Waals surface area (Å²) in [5.74, 6) is 0.0594. The van der Waals surface area contributed by atoms with Gasteiger partial charge in [0.2, 0.25) is 5.91 Å². The maximum Gasteiger partial charge on any atom is 0.227 e. The average molecular weight is 348 g/mol. The van der Waals surface area contributed by atoms with E-state index in [1.807, 2.05) is 11.0 Å². The number of piperidine rings is 1. The highest BCUT2D eigenvalue weighted by molar-refractivity contribution is 5.79. The van der Waals surface area contributed by atoms with E-state index in [0.29, 0.717) is 13.0 Å². The molecule has 1 amide bonds. The first-order valence-corrected chi connectivity index (χ1v) is 9.48. The highest BCUT2D eigenvalue weighted by Crippen LogP contribution is 2.27. The van der Waals surface area contributed by atoms with E-state index in [1.165, 1.54) is 6.07 Å². The van der Waals surface area contributed by atoms with Gasteiger partial charge in [-0.25, -0.2) is 4.39 Å². The first-order valence-electron chi connectivity index (χ1n) is 9.48. The van der Waals surface area contributed by atoms with Gasteiger partial charge in [-0.15, -0.1) is 0 Å². The van der Waals surface area contributed by atoms with Crippen LogP contribution in [0.2, 0.25) is 0 Å². The molecule has 0 spiro atoms. The summed E-state index contributed by atoms with van der Waals surface area (Å²) in [6.45, 7) is 5.00. The molecule has 25 heavy (non-hydrogen) atoms. The van der Waals surface area contributed by atoms with Crippen LogP contribution in [-0.2, 0) is 11.3 Å². The Morgan fingerprint density at radius 2 is 2.12 bits per heavy atom. The Labute approximate surface area is 149 Å². The molecule has 2 aliphatic heterocycles. The van der Waals surface area contributed by atoms with Crippen molar-refractivity contribution >= 4 is 5.91 Å². The number of nitrogens with zero attached hydrogens (tertiary/aromatic N) is 2. The summed E-state index contributed by atoms with van der Waals surface area (Å²) in [4.78, 5) is 17.3. The van der Waals surface area contributed by atoms with E-state index in [4.69, 9.17) is 0 Å². The van der Waals surface area contributed by atoms with Crippen LogP contribution in [-0.4, -0.2) is 52.6 Å². The molecular weight excluding hydrogens is 319 g/mol. The number of hydrogen-bond donors (Lipinski definition) is 1. The van der Waals surface area contributed by atoms with Crippen LogP contribution in [0.5, 0.6) is 0 Å². The lowest BCUT2D eigenvalue weighted by atomic mass is 9.95. The zero-order chi connectivity index (χ0) is 17.8. The van der Waals surface area contributed by atoms with Gasteiger partial charge in [0, 0.05) is 25.7 Å². The van der Waals surface area contributed by atoms with Gasteiger partial charge in [-0.05, 0) is 63.3 Å². The van der Waals surface area contributed by atoms with Crippen molar-refractivity contribution < 1.29 is 14.3 Å². The van der Waals surface area contributed by atoms with Gasteiger partial charge in [0.1, 0.15) is 5.82 Å². The summed E-state index contributed by atoms with van der Waals surface area (Å²) >= 11 is 0. The molecule has 3 rings (SSSR count). The average Bonchev–Trinajstić information content (AvgIpc) is 3.02. The van der Waals surface area contributed by atoms with Gasteiger partial charge in [-0.1, -0.05) is 12.1 Å². The highest BCUT2D eigenvalue weighted by atomic mass is 19.1. The monoisotopic (exact) mass is 348 g/mol. The second kappa shape index (κ2) is 8.28. The number of halogens is 1. The summed E-state index contributed by atoms with van der Waals surface area (Å²) in [7, 11) is 0. The Kier molecular flexibility index (Phi) is 6.07. The predicted octanol–water partition coefficient (Wildman–Crippen LogP) is 2.80. The number of aliphatic hydroxyl groups is 1. The van der Waals surface area contributed by atoms with Crippen LogP contribution in [0, 0.1) is 11.7 Å². The van der Waals surface area contributed by atoms with E-state index in [2.05, 4.69) is 4.90 Å². The SMILES string of the molecule is CC(O)CC1CCCN1C(=O)C1CCCN(Cc2cccc(F)c2)C1. The molecule has 0 radical (unpaired) electrons. The van der Waals surface area contributed by atoms with Gasteiger partial charge in [0.15, 0.2) is 0 Å². The Bertz CT molecular complexity index is 593. The molecule has 2 saturated heterocycles. The number of carbonyl (C=O) groups excluding carboxylic acids is 1. The molecule has 2 aliphatic rings. The molecule has 3 unspecified atom stereocenters. The summed E-state index contributed by atoms with van der Waals surface area (Å²) in [5, 5.41) is 9.67. The standard InChI is InChI=1S/C20H29FN2O2/c1-15(24)11-19-8-4-10-23(19)20(25)17-6-3-9-22(14-17)13-16-5-2-7-18(21)12-16/h2,5,7,12,15,17,19,24H,3-4,6,8-11,13-14H2,1H3. The molecule has 4 nitrogen and oxygen atoms in total. The van der Waals surface area contributed by atoms with E-state index in [-0.39, 0.29) is 29.8 Å². The van der Waals surface area contributed by atoms with E-state index >= 15 is 0 Å². The predicted molar refractivity (Wildman–Crippen MR) is 95.4 cm³/mol. The smallest absolute Gasteiger partial charge is 0.227 e. The lowest BCUT2D eigenvalue weighted by Gasteiger charge is -2.36. The summed E-state index contributed by atoms with van der Waals surface area (Å²) in [6.07, 6.45) is 4.26. The Hall–Kier alpha value is -1.46. The zero-order valence-electron chi connectivity index (χ0n) is 15.0. The molecule has 1 aromatic carbocycles. The molecule has 3 atom stereocenters. The minimum absolute atomic E-state index is 0.0249. The summed E-state index contributed by atoms with van der Waals surface area (Å²) in [5.41, 5.74) is 0.959. The van der Waals surface area contributed by atoms with Crippen molar-refractivity contribution in [3.63, 3.8) is 0 Å². The number of aliphatic hydroxyl groups excluding tert-OH is 1. The van der Waals surface area contributed by atoms with Gasteiger partial charge in [-0.2, -0.15) is 0 Å². The fourth-order valence-electron chi connectivity index (χ4n) is 4.29. The van der Waals surface area contributed by atoms with Crippen molar-refractivity contribution in [2.75, 3.05) is 19.6 Å². The van der Waals surface area contributed by atoms with Crippen molar-refractivity contribution in [2.24, 2.45) is 5.92 Å². The largest absolute Gasteiger partial charge is 0.393 e. The first-order chi connectivity index (χ1) is 12.0. The first kappa shape index (κ1) is 18.3. The zero-order valence-corrected chi connectivity index (χ0v) is 15.0. The van der Waals surface area contributed by atoms with Gasteiger partial charge in [0.05, 0.1) is 12.0 Å². The minimum Gasteiger partial charge on any atom is -0.393 e. The quantitative estimate of drug-likeness (QED) is 0.890. The molecule has 0 saturated carbocycles. The third-order valence-corrected chi connectivity index (χ3v) is 5.42. The third-order valence-electron chi connectivity index (χ3n) is 5.42. The lowest BCUT2D eigenvalue weighted by Crippen LogP contribution is -2.46. The number of benzene rings is 1.